The Morgan fingerprint density at radius 2 is 1.90 bits per heavy atom. The summed E-state index contributed by atoms with van der Waals surface area (Å²) >= 11 is 0. The summed E-state index contributed by atoms with van der Waals surface area (Å²) in [6, 6.07) is 16.2. The highest BCUT2D eigenvalue weighted by Crippen LogP contribution is 2.27. The minimum Gasteiger partial charge on any atom is -0.352 e. The third kappa shape index (κ3) is 3.22. The van der Waals surface area contributed by atoms with Gasteiger partial charge in [0.2, 0.25) is 5.91 Å². The third-order valence-corrected chi connectivity index (χ3v) is 3.83. The van der Waals surface area contributed by atoms with Crippen molar-refractivity contribution in [3.63, 3.8) is 0 Å². The minimum absolute atomic E-state index is 0.0743. The molecule has 0 radical (unpaired) electrons. The first kappa shape index (κ1) is 13.6. The van der Waals surface area contributed by atoms with Crippen molar-refractivity contribution in [3.8, 4) is 0 Å². The van der Waals surface area contributed by atoms with E-state index in [9.17, 15) is 4.79 Å². The molecule has 0 aliphatic heterocycles. The molecule has 0 heterocycles. The van der Waals surface area contributed by atoms with E-state index in [2.05, 4.69) is 30.4 Å². The van der Waals surface area contributed by atoms with Gasteiger partial charge in [-0.2, -0.15) is 0 Å². The van der Waals surface area contributed by atoms with Crippen molar-refractivity contribution in [2.45, 2.75) is 26.3 Å². The Labute approximate surface area is 125 Å². The largest absolute Gasteiger partial charge is 0.352 e. The zero-order valence-electron chi connectivity index (χ0n) is 12.2. The van der Waals surface area contributed by atoms with E-state index in [0.29, 0.717) is 13.0 Å². The monoisotopic (exact) mass is 277 g/mol. The molecule has 2 aromatic rings. The van der Waals surface area contributed by atoms with Crippen LogP contribution in [0.5, 0.6) is 0 Å². The number of fused-ring (bicyclic) bond motifs is 1. The number of rotatable bonds is 4. The van der Waals surface area contributed by atoms with Crippen molar-refractivity contribution in [2.24, 2.45) is 0 Å². The minimum atomic E-state index is 0.0743. The third-order valence-electron chi connectivity index (χ3n) is 3.83. The number of nitrogens with one attached hydrogen (secondary N) is 1. The molecular weight excluding hydrogens is 258 g/mol. The lowest BCUT2D eigenvalue weighted by molar-refractivity contribution is -0.120. The molecule has 0 aromatic heterocycles. The number of carbonyl (C=O) groups is 1. The summed E-state index contributed by atoms with van der Waals surface area (Å²) in [7, 11) is 0. The summed E-state index contributed by atoms with van der Waals surface area (Å²) in [5, 5.41) is 2.99. The Bertz CT molecular complexity index is 686. The van der Waals surface area contributed by atoms with Crippen molar-refractivity contribution in [1.29, 1.82) is 0 Å². The summed E-state index contributed by atoms with van der Waals surface area (Å²) in [5.41, 5.74) is 6.18. The molecule has 21 heavy (non-hydrogen) atoms. The fourth-order valence-electron chi connectivity index (χ4n) is 2.79. The molecular formula is C19H19NO. The average Bonchev–Trinajstić information content (AvgIpc) is 2.88. The van der Waals surface area contributed by atoms with Crippen LogP contribution in [0.25, 0.3) is 6.08 Å². The zero-order chi connectivity index (χ0) is 14.7. The van der Waals surface area contributed by atoms with E-state index >= 15 is 0 Å². The van der Waals surface area contributed by atoms with Crippen LogP contribution in [-0.4, -0.2) is 5.91 Å². The van der Waals surface area contributed by atoms with Crippen molar-refractivity contribution in [1.82, 2.24) is 5.32 Å². The van der Waals surface area contributed by atoms with Crippen molar-refractivity contribution in [3.05, 3.63) is 76.4 Å². The molecule has 0 fully saturated rings. The second kappa shape index (κ2) is 5.96. The molecule has 0 unspecified atom stereocenters. The van der Waals surface area contributed by atoms with E-state index in [-0.39, 0.29) is 5.91 Å². The Balaban J connectivity index is 1.65. The van der Waals surface area contributed by atoms with E-state index in [0.717, 1.165) is 17.5 Å². The van der Waals surface area contributed by atoms with Crippen LogP contribution in [0.15, 0.2) is 54.1 Å². The van der Waals surface area contributed by atoms with Crippen LogP contribution >= 0.6 is 0 Å². The molecule has 0 spiro atoms. The van der Waals surface area contributed by atoms with E-state index in [1.165, 1.54) is 16.7 Å². The maximum atomic E-state index is 12.1. The quantitative estimate of drug-likeness (QED) is 0.910. The lowest BCUT2D eigenvalue weighted by Crippen LogP contribution is -2.24. The number of allylic oxidation sites excluding steroid dienone is 1. The summed E-state index contributed by atoms with van der Waals surface area (Å²) in [6.45, 7) is 2.73. The molecule has 1 aliphatic carbocycles. The number of hydrogen-bond acceptors (Lipinski definition) is 1. The Morgan fingerprint density at radius 1 is 1.10 bits per heavy atom. The van der Waals surface area contributed by atoms with Gasteiger partial charge < -0.3 is 5.32 Å². The van der Waals surface area contributed by atoms with Crippen LogP contribution in [-0.2, 0) is 24.2 Å². The molecule has 2 heteroatoms. The lowest BCUT2D eigenvalue weighted by atomic mass is 10.0. The SMILES string of the molecule is CC1=Cc2c(CC(=O)NCc3ccccc3)cccc2C1. The molecule has 0 atom stereocenters. The van der Waals surface area contributed by atoms with E-state index in [1.54, 1.807) is 0 Å². The van der Waals surface area contributed by atoms with Crippen LogP contribution in [0.1, 0.15) is 29.2 Å². The zero-order valence-corrected chi connectivity index (χ0v) is 12.2. The molecule has 1 aliphatic rings. The molecule has 0 bridgehead atoms. The molecule has 0 saturated carbocycles. The first-order chi connectivity index (χ1) is 10.2. The molecule has 3 rings (SSSR count). The summed E-state index contributed by atoms with van der Waals surface area (Å²) < 4.78 is 0. The Hall–Kier alpha value is -2.35. The number of amides is 1. The molecule has 2 aromatic carbocycles. The predicted molar refractivity (Wildman–Crippen MR) is 85.8 cm³/mol. The van der Waals surface area contributed by atoms with E-state index in [1.807, 2.05) is 36.4 Å². The van der Waals surface area contributed by atoms with Gasteiger partial charge in [0.05, 0.1) is 6.42 Å². The first-order valence-corrected chi connectivity index (χ1v) is 7.31. The van der Waals surface area contributed by atoms with Gasteiger partial charge in [-0.05, 0) is 35.6 Å². The van der Waals surface area contributed by atoms with Crippen LogP contribution < -0.4 is 5.32 Å². The highest BCUT2D eigenvalue weighted by Gasteiger charge is 2.14. The number of hydrogen-bond donors (Lipinski definition) is 1. The van der Waals surface area contributed by atoms with Crippen molar-refractivity contribution in [2.75, 3.05) is 0 Å². The van der Waals surface area contributed by atoms with Crippen LogP contribution in [0.2, 0.25) is 0 Å². The van der Waals surface area contributed by atoms with Crippen molar-refractivity contribution >= 4 is 12.0 Å². The van der Waals surface area contributed by atoms with Gasteiger partial charge in [-0.25, -0.2) is 0 Å². The van der Waals surface area contributed by atoms with Crippen LogP contribution in [0, 0.1) is 0 Å². The van der Waals surface area contributed by atoms with Gasteiger partial charge >= 0.3 is 0 Å². The summed E-state index contributed by atoms with van der Waals surface area (Å²) in [4.78, 5) is 12.1. The second-order valence-electron chi connectivity index (χ2n) is 5.60. The normalized spacial score (nSPS) is 12.7. The van der Waals surface area contributed by atoms with Gasteiger partial charge in [0, 0.05) is 6.54 Å². The van der Waals surface area contributed by atoms with E-state index < -0.39 is 0 Å². The topological polar surface area (TPSA) is 29.1 Å². The summed E-state index contributed by atoms with van der Waals surface area (Å²) in [5.74, 6) is 0.0743. The molecule has 106 valence electrons. The molecule has 0 saturated heterocycles. The van der Waals surface area contributed by atoms with Crippen molar-refractivity contribution < 1.29 is 4.79 Å². The van der Waals surface area contributed by atoms with Gasteiger partial charge in [-0.3, -0.25) is 4.79 Å². The number of carbonyl (C=O) groups excluding carboxylic acids is 1. The Kier molecular flexibility index (Phi) is 3.87. The fourth-order valence-corrected chi connectivity index (χ4v) is 2.79. The predicted octanol–water partition coefficient (Wildman–Crippen LogP) is 3.50. The van der Waals surface area contributed by atoms with E-state index in [4.69, 9.17) is 0 Å². The lowest BCUT2D eigenvalue weighted by Gasteiger charge is -2.09. The second-order valence-corrected chi connectivity index (χ2v) is 5.60. The highest BCUT2D eigenvalue weighted by molar-refractivity contribution is 5.81. The van der Waals surface area contributed by atoms with Gasteiger partial charge in [-0.1, -0.05) is 60.2 Å². The summed E-state index contributed by atoms with van der Waals surface area (Å²) in [6.07, 6.45) is 3.66. The number of benzene rings is 2. The maximum Gasteiger partial charge on any atom is 0.224 e. The van der Waals surface area contributed by atoms with Gasteiger partial charge in [0.15, 0.2) is 0 Å². The van der Waals surface area contributed by atoms with Gasteiger partial charge in [-0.15, -0.1) is 0 Å². The molecule has 1 N–H and O–H groups in total. The fraction of sp³-hybridized carbons (Fsp3) is 0.211. The van der Waals surface area contributed by atoms with Crippen LogP contribution in [0.4, 0.5) is 0 Å². The van der Waals surface area contributed by atoms with Crippen LogP contribution in [0.3, 0.4) is 0 Å². The Morgan fingerprint density at radius 3 is 2.71 bits per heavy atom. The first-order valence-electron chi connectivity index (χ1n) is 7.31. The van der Waals surface area contributed by atoms with Gasteiger partial charge in [0.25, 0.3) is 0 Å². The molecule has 2 nitrogen and oxygen atoms in total. The highest BCUT2D eigenvalue weighted by atomic mass is 16.1. The molecule has 1 amide bonds. The standard InChI is InChI=1S/C19H19NO/c1-14-10-16-8-5-9-17(18(16)11-14)12-19(21)20-13-15-6-3-2-4-7-15/h2-9,11H,10,12-13H2,1H3,(H,20,21). The average molecular weight is 277 g/mol. The smallest absolute Gasteiger partial charge is 0.224 e. The maximum absolute atomic E-state index is 12.1. The van der Waals surface area contributed by atoms with Gasteiger partial charge in [0.1, 0.15) is 0 Å².